The lowest BCUT2D eigenvalue weighted by Gasteiger charge is -2.16. The highest BCUT2D eigenvalue weighted by molar-refractivity contribution is 5.98. The standard InChI is InChI=1S/C25H24N2O10/c1-14(17-6-4-5-7-20(17)27(32)33)36-16-9-8-15-12-18(24(30)37-21(15)13-16)23(29)26-19(25(31)35-3)10-11-22(28)34-2/h4-9,12-14,19H,10-11H2,1-3H3,(H,26,29)/t14?,19-/m1/s1. The number of fused-ring (bicyclic) bond motifs is 1. The Balaban J connectivity index is 1.81. The van der Waals surface area contributed by atoms with Gasteiger partial charge in [0.15, 0.2) is 0 Å². The second-order valence-electron chi connectivity index (χ2n) is 7.89. The van der Waals surface area contributed by atoms with Crippen molar-refractivity contribution in [3.05, 3.63) is 80.2 Å². The van der Waals surface area contributed by atoms with E-state index in [9.17, 15) is 29.3 Å². The SMILES string of the molecule is COC(=O)CC[C@@H](NC(=O)c1cc2ccc(OC(C)c3ccccc3[N+](=O)[O-])cc2oc1=O)C(=O)OC. The molecular formula is C25H24N2O10. The Morgan fingerprint density at radius 3 is 2.49 bits per heavy atom. The first kappa shape index (κ1) is 26.9. The van der Waals surface area contributed by atoms with Gasteiger partial charge in [0.05, 0.1) is 24.7 Å². The number of benzene rings is 2. The van der Waals surface area contributed by atoms with Crippen molar-refractivity contribution in [2.75, 3.05) is 14.2 Å². The van der Waals surface area contributed by atoms with Gasteiger partial charge in [-0.3, -0.25) is 19.7 Å². The van der Waals surface area contributed by atoms with Gasteiger partial charge in [-0.25, -0.2) is 9.59 Å². The van der Waals surface area contributed by atoms with Gasteiger partial charge in [-0.15, -0.1) is 0 Å². The van der Waals surface area contributed by atoms with Gasteiger partial charge in [-0.1, -0.05) is 12.1 Å². The first-order chi connectivity index (χ1) is 17.6. The molecule has 0 saturated carbocycles. The van der Waals surface area contributed by atoms with E-state index in [4.69, 9.17) is 9.15 Å². The Labute approximate surface area is 210 Å². The third-order valence-electron chi connectivity index (χ3n) is 5.49. The fourth-order valence-corrected chi connectivity index (χ4v) is 3.58. The summed E-state index contributed by atoms with van der Waals surface area (Å²) in [7, 11) is 2.32. The monoisotopic (exact) mass is 512 g/mol. The number of methoxy groups -OCH3 is 2. The number of hydrogen-bond donors (Lipinski definition) is 1. The summed E-state index contributed by atoms with van der Waals surface area (Å²) < 4.78 is 20.3. The number of nitrogens with one attached hydrogen (secondary N) is 1. The molecule has 194 valence electrons. The van der Waals surface area contributed by atoms with Gasteiger partial charge in [-0.05, 0) is 37.6 Å². The minimum Gasteiger partial charge on any atom is -0.486 e. The number of nitro benzene ring substituents is 1. The topological polar surface area (TPSA) is 164 Å². The van der Waals surface area contributed by atoms with Crippen LogP contribution in [0.2, 0.25) is 0 Å². The molecule has 1 unspecified atom stereocenters. The third kappa shape index (κ3) is 6.48. The maximum atomic E-state index is 12.7. The molecule has 1 heterocycles. The van der Waals surface area contributed by atoms with Crippen molar-refractivity contribution in [3.63, 3.8) is 0 Å². The highest BCUT2D eigenvalue weighted by Crippen LogP contribution is 2.30. The van der Waals surface area contributed by atoms with Crippen LogP contribution in [0.1, 0.15) is 41.8 Å². The number of hydrogen-bond acceptors (Lipinski definition) is 10. The van der Waals surface area contributed by atoms with Crippen molar-refractivity contribution in [2.24, 2.45) is 0 Å². The number of carbonyl (C=O) groups is 3. The lowest BCUT2D eigenvalue weighted by atomic mass is 10.1. The second-order valence-corrected chi connectivity index (χ2v) is 7.89. The van der Waals surface area contributed by atoms with E-state index in [2.05, 4.69) is 14.8 Å². The smallest absolute Gasteiger partial charge is 0.349 e. The maximum absolute atomic E-state index is 12.7. The fraction of sp³-hybridized carbons (Fsp3) is 0.280. The largest absolute Gasteiger partial charge is 0.486 e. The Morgan fingerprint density at radius 2 is 1.81 bits per heavy atom. The van der Waals surface area contributed by atoms with Crippen LogP contribution in [-0.2, 0) is 19.1 Å². The highest BCUT2D eigenvalue weighted by Gasteiger charge is 2.25. The summed E-state index contributed by atoms with van der Waals surface area (Å²) in [5.74, 6) is -1.98. The number of rotatable bonds is 10. The molecule has 0 spiro atoms. The zero-order valence-electron chi connectivity index (χ0n) is 20.2. The van der Waals surface area contributed by atoms with Crippen LogP contribution < -0.4 is 15.7 Å². The minimum atomic E-state index is -1.19. The predicted molar refractivity (Wildman–Crippen MR) is 129 cm³/mol. The molecule has 2 atom stereocenters. The number of carbonyl (C=O) groups excluding carboxylic acids is 3. The average Bonchev–Trinajstić information content (AvgIpc) is 2.89. The molecule has 1 amide bonds. The molecule has 0 fully saturated rings. The Kier molecular flexibility index (Phi) is 8.56. The number of nitro groups is 1. The Hall–Kier alpha value is -4.74. The van der Waals surface area contributed by atoms with E-state index in [-0.39, 0.29) is 35.4 Å². The van der Waals surface area contributed by atoms with E-state index < -0.39 is 40.5 Å². The fourth-order valence-electron chi connectivity index (χ4n) is 3.58. The lowest BCUT2D eigenvalue weighted by molar-refractivity contribution is -0.386. The predicted octanol–water partition coefficient (Wildman–Crippen LogP) is 3.07. The number of amides is 1. The van der Waals surface area contributed by atoms with E-state index in [0.717, 1.165) is 7.11 Å². The molecule has 3 rings (SSSR count). The van der Waals surface area contributed by atoms with E-state index in [1.807, 2.05) is 0 Å². The van der Waals surface area contributed by atoms with Crippen molar-refractivity contribution in [2.45, 2.75) is 31.9 Å². The molecule has 0 aliphatic rings. The van der Waals surface area contributed by atoms with Crippen LogP contribution in [0.3, 0.4) is 0 Å². The summed E-state index contributed by atoms with van der Waals surface area (Å²) >= 11 is 0. The van der Waals surface area contributed by atoms with E-state index in [1.165, 1.54) is 25.3 Å². The van der Waals surface area contributed by atoms with Crippen LogP contribution in [-0.4, -0.2) is 43.0 Å². The van der Waals surface area contributed by atoms with Gasteiger partial charge in [0.1, 0.15) is 29.0 Å². The zero-order chi connectivity index (χ0) is 27.1. The van der Waals surface area contributed by atoms with Gasteiger partial charge >= 0.3 is 17.6 Å². The lowest BCUT2D eigenvalue weighted by Crippen LogP contribution is -2.43. The number of ether oxygens (including phenoxy) is 3. The third-order valence-corrected chi connectivity index (χ3v) is 5.49. The summed E-state index contributed by atoms with van der Waals surface area (Å²) in [5, 5.41) is 14.1. The molecule has 1 N–H and O–H groups in total. The first-order valence-corrected chi connectivity index (χ1v) is 11.1. The minimum absolute atomic E-state index is 0.0881. The van der Waals surface area contributed by atoms with Crippen molar-refractivity contribution in [1.29, 1.82) is 0 Å². The Bertz CT molecular complexity index is 1400. The molecule has 1 aromatic heterocycles. The summed E-state index contributed by atoms with van der Waals surface area (Å²) in [5.41, 5.74) is -0.931. The molecule has 0 aliphatic carbocycles. The van der Waals surface area contributed by atoms with Crippen LogP contribution in [0, 0.1) is 10.1 Å². The highest BCUT2D eigenvalue weighted by atomic mass is 16.6. The van der Waals surface area contributed by atoms with E-state index >= 15 is 0 Å². The average molecular weight is 512 g/mol. The summed E-state index contributed by atoms with van der Waals surface area (Å²) in [6, 6.07) is 10.8. The maximum Gasteiger partial charge on any atom is 0.349 e. The molecular weight excluding hydrogens is 488 g/mol. The number of para-hydroxylation sites is 1. The van der Waals surface area contributed by atoms with Crippen LogP contribution in [0.15, 0.2) is 57.7 Å². The van der Waals surface area contributed by atoms with Crippen molar-refractivity contribution in [1.82, 2.24) is 5.32 Å². The van der Waals surface area contributed by atoms with Crippen molar-refractivity contribution < 1.29 is 37.9 Å². The molecule has 12 heteroatoms. The normalized spacial score (nSPS) is 12.3. The zero-order valence-corrected chi connectivity index (χ0v) is 20.2. The van der Waals surface area contributed by atoms with Crippen LogP contribution in [0.25, 0.3) is 11.0 Å². The van der Waals surface area contributed by atoms with Crippen LogP contribution in [0.4, 0.5) is 5.69 Å². The molecule has 0 radical (unpaired) electrons. The van der Waals surface area contributed by atoms with Gasteiger partial charge in [0.2, 0.25) is 0 Å². The number of esters is 2. The van der Waals surface area contributed by atoms with Gasteiger partial charge in [0, 0.05) is 23.9 Å². The molecule has 0 saturated heterocycles. The molecule has 2 aromatic carbocycles. The molecule has 37 heavy (non-hydrogen) atoms. The summed E-state index contributed by atoms with van der Waals surface area (Å²) in [6.45, 7) is 1.65. The van der Waals surface area contributed by atoms with Gasteiger partial charge < -0.3 is 23.9 Å². The number of nitrogens with zero attached hydrogens (tertiary/aromatic N) is 1. The van der Waals surface area contributed by atoms with Crippen LogP contribution in [0.5, 0.6) is 5.75 Å². The first-order valence-electron chi connectivity index (χ1n) is 11.1. The molecule has 12 nitrogen and oxygen atoms in total. The van der Waals surface area contributed by atoms with Crippen molar-refractivity contribution in [3.8, 4) is 5.75 Å². The van der Waals surface area contributed by atoms with Gasteiger partial charge in [0.25, 0.3) is 11.6 Å². The van der Waals surface area contributed by atoms with Crippen LogP contribution >= 0.6 is 0 Å². The molecule has 0 bridgehead atoms. The van der Waals surface area contributed by atoms with Crippen molar-refractivity contribution >= 4 is 34.5 Å². The van der Waals surface area contributed by atoms with E-state index in [1.54, 1.807) is 37.3 Å². The molecule has 0 aliphatic heterocycles. The Morgan fingerprint density at radius 1 is 1.08 bits per heavy atom. The quantitative estimate of drug-likeness (QED) is 0.185. The summed E-state index contributed by atoms with van der Waals surface area (Å²) in [4.78, 5) is 59.5. The second kappa shape index (κ2) is 11.8. The van der Waals surface area contributed by atoms with Gasteiger partial charge in [-0.2, -0.15) is 0 Å². The summed E-state index contributed by atoms with van der Waals surface area (Å²) in [6.07, 6.45) is -0.936. The molecule has 3 aromatic rings. The van der Waals surface area contributed by atoms with E-state index in [0.29, 0.717) is 10.9 Å².